The van der Waals surface area contributed by atoms with Crippen molar-refractivity contribution in [2.75, 3.05) is 23.3 Å². The molecule has 0 atom stereocenters. The van der Waals surface area contributed by atoms with Crippen LogP contribution in [0.25, 0.3) is 5.78 Å². The number of hydrogen-bond acceptors (Lipinski definition) is 5. The number of piperidine rings is 1. The van der Waals surface area contributed by atoms with E-state index in [9.17, 15) is 9.59 Å². The van der Waals surface area contributed by atoms with Gasteiger partial charge in [-0.15, -0.1) is 5.10 Å². The summed E-state index contributed by atoms with van der Waals surface area (Å²) in [4.78, 5) is 31.5. The molecule has 1 aliphatic heterocycles. The van der Waals surface area contributed by atoms with E-state index in [4.69, 9.17) is 0 Å². The number of nitrogens with one attached hydrogen (secondary N) is 1. The number of hydrogen-bond donors (Lipinski definition) is 1. The number of fused-ring (bicyclic) bond motifs is 1. The van der Waals surface area contributed by atoms with Crippen molar-refractivity contribution in [3.63, 3.8) is 0 Å². The minimum Gasteiger partial charge on any atom is -0.356 e. The summed E-state index contributed by atoms with van der Waals surface area (Å²) in [6.45, 7) is 3.69. The summed E-state index contributed by atoms with van der Waals surface area (Å²) in [6.07, 6.45) is 5.21. The molecule has 1 amide bonds. The molecule has 1 fully saturated rings. The number of carbonyl (C=O) groups excluding carboxylic acids is 1. The molecule has 4 rings (SSSR count). The number of aryl methyl sites for hydroxylation is 1. The van der Waals surface area contributed by atoms with Crippen molar-refractivity contribution in [2.45, 2.75) is 32.7 Å². The van der Waals surface area contributed by atoms with E-state index in [0.717, 1.165) is 47.7 Å². The SMILES string of the molecule is Cc1ccccc1NC(=O)Cn1nc2nc(N3CCCCC3)ccn2c1=O. The van der Waals surface area contributed by atoms with Crippen molar-refractivity contribution < 1.29 is 4.79 Å². The molecule has 0 radical (unpaired) electrons. The highest BCUT2D eigenvalue weighted by molar-refractivity contribution is 5.91. The first-order valence-corrected chi connectivity index (χ1v) is 9.18. The Morgan fingerprint density at radius 1 is 1.15 bits per heavy atom. The van der Waals surface area contributed by atoms with Crippen LogP contribution in [-0.2, 0) is 11.3 Å². The van der Waals surface area contributed by atoms with Gasteiger partial charge in [0, 0.05) is 25.0 Å². The normalized spacial score (nSPS) is 14.5. The molecule has 8 heteroatoms. The number of para-hydroxylation sites is 1. The predicted molar refractivity (Wildman–Crippen MR) is 103 cm³/mol. The zero-order chi connectivity index (χ0) is 18.8. The van der Waals surface area contributed by atoms with Gasteiger partial charge in [-0.1, -0.05) is 18.2 Å². The Labute approximate surface area is 156 Å². The third kappa shape index (κ3) is 3.55. The lowest BCUT2D eigenvalue weighted by atomic mass is 10.1. The van der Waals surface area contributed by atoms with Gasteiger partial charge in [0.05, 0.1) is 0 Å². The lowest BCUT2D eigenvalue weighted by Crippen LogP contribution is -2.30. The van der Waals surface area contributed by atoms with E-state index in [2.05, 4.69) is 20.3 Å². The fraction of sp³-hybridized carbons (Fsp3) is 0.368. The van der Waals surface area contributed by atoms with Crippen LogP contribution >= 0.6 is 0 Å². The number of nitrogens with zero attached hydrogens (tertiary/aromatic N) is 5. The van der Waals surface area contributed by atoms with Crippen molar-refractivity contribution in [1.82, 2.24) is 19.2 Å². The molecule has 140 valence electrons. The van der Waals surface area contributed by atoms with Gasteiger partial charge in [0.2, 0.25) is 5.91 Å². The monoisotopic (exact) mass is 366 g/mol. The van der Waals surface area contributed by atoms with Crippen LogP contribution in [0.3, 0.4) is 0 Å². The highest BCUT2D eigenvalue weighted by Crippen LogP contribution is 2.17. The number of aromatic nitrogens is 4. The first kappa shape index (κ1) is 17.3. The van der Waals surface area contributed by atoms with E-state index in [0.29, 0.717) is 5.78 Å². The van der Waals surface area contributed by atoms with Crippen LogP contribution in [0.5, 0.6) is 0 Å². The largest absolute Gasteiger partial charge is 0.356 e. The molecular weight excluding hydrogens is 344 g/mol. The predicted octanol–water partition coefficient (Wildman–Crippen LogP) is 1.83. The minimum atomic E-state index is -0.373. The molecule has 3 heterocycles. The van der Waals surface area contributed by atoms with Crippen LogP contribution in [-0.4, -0.2) is 38.2 Å². The van der Waals surface area contributed by atoms with E-state index in [1.165, 1.54) is 10.8 Å². The Bertz CT molecular complexity index is 1030. The van der Waals surface area contributed by atoms with E-state index in [1.807, 2.05) is 37.3 Å². The molecule has 0 bridgehead atoms. The Hall–Kier alpha value is -3.16. The average Bonchev–Trinajstić information content (AvgIpc) is 2.99. The summed E-state index contributed by atoms with van der Waals surface area (Å²) >= 11 is 0. The smallest absolute Gasteiger partial charge is 0.352 e. The summed E-state index contributed by atoms with van der Waals surface area (Å²) in [6, 6.07) is 9.33. The molecular formula is C19H22N6O2. The first-order valence-electron chi connectivity index (χ1n) is 9.18. The molecule has 1 aromatic carbocycles. The third-order valence-electron chi connectivity index (χ3n) is 4.83. The lowest BCUT2D eigenvalue weighted by Gasteiger charge is -2.27. The summed E-state index contributed by atoms with van der Waals surface area (Å²) in [7, 11) is 0. The highest BCUT2D eigenvalue weighted by atomic mass is 16.2. The van der Waals surface area contributed by atoms with Crippen molar-refractivity contribution >= 4 is 23.2 Å². The second-order valence-electron chi connectivity index (χ2n) is 6.81. The highest BCUT2D eigenvalue weighted by Gasteiger charge is 2.16. The fourth-order valence-corrected chi connectivity index (χ4v) is 3.34. The Morgan fingerprint density at radius 3 is 2.70 bits per heavy atom. The van der Waals surface area contributed by atoms with Crippen LogP contribution in [0.1, 0.15) is 24.8 Å². The van der Waals surface area contributed by atoms with Crippen molar-refractivity contribution in [3.8, 4) is 0 Å². The number of anilines is 2. The maximum atomic E-state index is 12.5. The van der Waals surface area contributed by atoms with Gasteiger partial charge in [0.1, 0.15) is 12.4 Å². The van der Waals surface area contributed by atoms with Gasteiger partial charge in [0.25, 0.3) is 5.78 Å². The summed E-state index contributed by atoms with van der Waals surface area (Å²) in [5.74, 6) is 0.835. The average molecular weight is 366 g/mol. The summed E-state index contributed by atoms with van der Waals surface area (Å²) < 4.78 is 2.52. The molecule has 0 aliphatic carbocycles. The number of rotatable bonds is 4. The topological polar surface area (TPSA) is 84.5 Å². The lowest BCUT2D eigenvalue weighted by molar-refractivity contribution is -0.117. The van der Waals surface area contributed by atoms with E-state index < -0.39 is 0 Å². The van der Waals surface area contributed by atoms with Gasteiger partial charge >= 0.3 is 5.69 Å². The van der Waals surface area contributed by atoms with Crippen LogP contribution in [0.4, 0.5) is 11.5 Å². The number of carbonyl (C=O) groups is 1. The minimum absolute atomic E-state index is 0.157. The van der Waals surface area contributed by atoms with Crippen LogP contribution in [0, 0.1) is 6.92 Å². The van der Waals surface area contributed by atoms with Crippen LogP contribution < -0.4 is 15.9 Å². The first-order chi connectivity index (χ1) is 13.1. The number of benzene rings is 1. The van der Waals surface area contributed by atoms with Crippen LogP contribution in [0.2, 0.25) is 0 Å². The molecule has 0 unspecified atom stereocenters. The molecule has 27 heavy (non-hydrogen) atoms. The fourth-order valence-electron chi connectivity index (χ4n) is 3.34. The maximum absolute atomic E-state index is 12.5. The van der Waals surface area contributed by atoms with Gasteiger partial charge in [-0.05, 0) is 43.9 Å². The quantitative estimate of drug-likeness (QED) is 0.761. The molecule has 1 aliphatic rings. The van der Waals surface area contributed by atoms with Gasteiger partial charge in [-0.2, -0.15) is 4.98 Å². The summed E-state index contributed by atoms with van der Waals surface area (Å²) in [5.41, 5.74) is 1.31. The second kappa shape index (κ2) is 7.22. The summed E-state index contributed by atoms with van der Waals surface area (Å²) in [5, 5.41) is 7.06. The molecule has 1 N–H and O–H groups in total. The zero-order valence-corrected chi connectivity index (χ0v) is 15.3. The molecule has 1 saturated heterocycles. The van der Waals surface area contributed by atoms with Gasteiger partial charge in [0.15, 0.2) is 0 Å². The van der Waals surface area contributed by atoms with Crippen molar-refractivity contribution in [1.29, 1.82) is 0 Å². The van der Waals surface area contributed by atoms with Crippen molar-refractivity contribution in [2.24, 2.45) is 0 Å². The van der Waals surface area contributed by atoms with E-state index in [-0.39, 0.29) is 18.1 Å². The second-order valence-corrected chi connectivity index (χ2v) is 6.81. The van der Waals surface area contributed by atoms with E-state index >= 15 is 0 Å². The van der Waals surface area contributed by atoms with E-state index in [1.54, 1.807) is 6.20 Å². The molecule has 0 saturated carbocycles. The Kier molecular flexibility index (Phi) is 4.62. The standard InChI is InChI=1S/C19H22N6O2/c1-14-7-3-4-8-15(14)20-17(26)13-25-19(27)24-12-9-16(21-18(24)22-25)23-10-5-2-6-11-23/h3-4,7-9,12H,2,5-6,10-11,13H2,1H3,(H,20,26). The van der Waals surface area contributed by atoms with Crippen LogP contribution in [0.15, 0.2) is 41.3 Å². The third-order valence-corrected chi connectivity index (χ3v) is 4.83. The van der Waals surface area contributed by atoms with Gasteiger partial charge < -0.3 is 10.2 Å². The van der Waals surface area contributed by atoms with Crippen molar-refractivity contribution in [3.05, 3.63) is 52.6 Å². The maximum Gasteiger partial charge on any atom is 0.352 e. The Balaban J connectivity index is 1.55. The molecule has 2 aromatic heterocycles. The molecule has 0 spiro atoms. The van der Waals surface area contributed by atoms with Gasteiger partial charge in [-0.25, -0.2) is 13.9 Å². The molecule has 3 aromatic rings. The zero-order valence-electron chi connectivity index (χ0n) is 15.3. The Morgan fingerprint density at radius 2 is 1.93 bits per heavy atom. The number of amides is 1. The van der Waals surface area contributed by atoms with Gasteiger partial charge in [-0.3, -0.25) is 4.79 Å². The molecule has 8 nitrogen and oxygen atoms in total.